The zero-order chi connectivity index (χ0) is 23.9. The molecule has 7 heteroatoms. The number of fused-ring (bicyclic) bond motifs is 2. The van der Waals surface area contributed by atoms with Crippen molar-refractivity contribution in [1.29, 1.82) is 0 Å². The number of likely N-dealkylation sites (N-methyl/N-ethyl adjacent to an activating group) is 1. The van der Waals surface area contributed by atoms with Crippen molar-refractivity contribution in [1.82, 2.24) is 4.90 Å². The van der Waals surface area contributed by atoms with E-state index in [1.165, 1.54) is 5.56 Å². The second-order valence-electron chi connectivity index (χ2n) is 10.7. The minimum absolute atomic E-state index is 0.0105. The molecule has 0 radical (unpaired) electrons. The van der Waals surface area contributed by atoms with Crippen LogP contribution in [-0.2, 0) is 9.53 Å². The number of alkyl halides is 2. The third-order valence-electron chi connectivity index (χ3n) is 8.36. The second kappa shape index (κ2) is 9.23. The van der Waals surface area contributed by atoms with Crippen molar-refractivity contribution in [2.24, 2.45) is 5.92 Å². The van der Waals surface area contributed by atoms with Crippen LogP contribution in [0.2, 0.25) is 0 Å². The Morgan fingerprint density at radius 1 is 1.12 bits per heavy atom. The lowest BCUT2D eigenvalue weighted by Crippen LogP contribution is -2.58. The van der Waals surface area contributed by atoms with Crippen molar-refractivity contribution < 1.29 is 28.5 Å². The molecule has 1 amide bonds. The average molecular weight is 466 g/mol. The lowest BCUT2D eigenvalue weighted by atomic mass is 9.73. The molecule has 184 valence electrons. The van der Waals surface area contributed by atoms with E-state index in [1.807, 2.05) is 25.1 Å². The minimum atomic E-state index is -2.68. The molecular weight excluding hydrogens is 428 g/mol. The maximum Gasteiger partial charge on any atom is 0.248 e. The first kappa shape index (κ1) is 24.6. The van der Waals surface area contributed by atoms with Crippen LogP contribution in [0.1, 0.15) is 76.2 Å². The fourth-order valence-corrected chi connectivity index (χ4v) is 6.49. The van der Waals surface area contributed by atoms with E-state index in [0.29, 0.717) is 25.7 Å². The lowest BCUT2D eigenvalue weighted by molar-refractivity contribution is -0.226. The van der Waals surface area contributed by atoms with Gasteiger partial charge in [0.05, 0.1) is 17.2 Å². The molecule has 33 heavy (non-hydrogen) atoms. The first-order valence-corrected chi connectivity index (χ1v) is 12.3. The number of hydrogen-bond donors (Lipinski definition) is 2. The quantitative estimate of drug-likeness (QED) is 0.682. The molecule has 2 bridgehead atoms. The Bertz CT molecular complexity index is 827. The van der Waals surface area contributed by atoms with Gasteiger partial charge in [0, 0.05) is 32.4 Å². The van der Waals surface area contributed by atoms with Gasteiger partial charge in [-0.15, -0.1) is 0 Å². The van der Waals surface area contributed by atoms with E-state index in [1.54, 1.807) is 11.9 Å². The van der Waals surface area contributed by atoms with Crippen LogP contribution in [0.5, 0.6) is 0 Å². The van der Waals surface area contributed by atoms with Crippen LogP contribution in [0, 0.1) is 5.92 Å². The molecule has 1 aromatic rings. The van der Waals surface area contributed by atoms with Crippen molar-refractivity contribution in [2.75, 3.05) is 13.7 Å². The van der Waals surface area contributed by atoms with Gasteiger partial charge in [0.2, 0.25) is 11.8 Å². The zero-order valence-electron chi connectivity index (χ0n) is 19.7. The maximum atomic E-state index is 13.6. The molecular formula is C26H37F2NO4. The predicted octanol–water partition coefficient (Wildman–Crippen LogP) is 4.27. The monoisotopic (exact) mass is 465 g/mol. The Kier molecular flexibility index (Phi) is 6.87. The normalized spacial score (nSPS) is 36.7. The summed E-state index contributed by atoms with van der Waals surface area (Å²) in [5, 5.41) is 21.4. The molecule has 3 aliphatic rings. The molecule has 5 atom stereocenters. The van der Waals surface area contributed by atoms with Gasteiger partial charge in [-0.3, -0.25) is 4.79 Å². The smallest absolute Gasteiger partial charge is 0.248 e. The van der Waals surface area contributed by atoms with Crippen LogP contribution in [0.4, 0.5) is 8.78 Å². The highest BCUT2D eigenvalue weighted by atomic mass is 19.3. The number of carbonyl (C=O) groups excluding carboxylic acids is 1. The average Bonchev–Trinajstić information content (AvgIpc) is 2.85. The molecule has 2 heterocycles. The zero-order valence-corrected chi connectivity index (χ0v) is 19.7. The highest BCUT2D eigenvalue weighted by molar-refractivity contribution is 5.79. The van der Waals surface area contributed by atoms with Crippen molar-refractivity contribution in [3.8, 4) is 0 Å². The summed E-state index contributed by atoms with van der Waals surface area (Å²) in [7, 11) is 1.69. The van der Waals surface area contributed by atoms with Gasteiger partial charge in [-0.25, -0.2) is 8.78 Å². The molecule has 3 fully saturated rings. The minimum Gasteiger partial charge on any atom is -0.396 e. The molecule has 0 aromatic heterocycles. The van der Waals surface area contributed by atoms with Gasteiger partial charge in [-0.05, 0) is 63.4 Å². The van der Waals surface area contributed by atoms with Crippen molar-refractivity contribution in [3.63, 3.8) is 0 Å². The van der Waals surface area contributed by atoms with Crippen LogP contribution in [-0.4, -0.2) is 63.9 Å². The number of ether oxygens (including phenoxy) is 1. The second-order valence-corrected chi connectivity index (χ2v) is 10.7. The molecule has 2 saturated heterocycles. The molecule has 2 N–H and O–H groups in total. The van der Waals surface area contributed by atoms with Gasteiger partial charge in [0.25, 0.3) is 0 Å². The molecule has 1 aliphatic carbocycles. The Labute approximate surface area is 195 Å². The van der Waals surface area contributed by atoms with Crippen LogP contribution >= 0.6 is 0 Å². The number of amides is 1. The van der Waals surface area contributed by atoms with E-state index in [0.717, 1.165) is 6.42 Å². The first-order valence-electron chi connectivity index (χ1n) is 12.3. The third-order valence-corrected chi connectivity index (χ3v) is 8.36. The third kappa shape index (κ3) is 4.96. The standard InChI is InChI=1S/C26H37F2NO4/c1-24-16-20(18-6-4-3-5-7-18)17-25(33-24,14-15-30)11-10-21(22(24)31)29(2)23(32)19-8-12-26(27,28)13-9-19/h3-7,19-22,30-31H,8-17H2,1-2H3/t20-,21+,22-,24+,25-/m1/s1. The van der Waals surface area contributed by atoms with Crippen molar-refractivity contribution in [3.05, 3.63) is 35.9 Å². The molecule has 2 aliphatic heterocycles. The van der Waals surface area contributed by atoms with E-state index in [9.17, 15) is 23.8 Å². The van der Waals surface area contributed by atoms with E-state index in [4.69, 9.17) is 4.74 Å². The van der Waals surface area contributed by atoms with Gasteiger partial charge in [0.1, 0.15) is 6.10 Å². The summed E-state index contributed by atoms with van der Waals surface area (Å²) >= 11 is 0. The summed E-state index contributed by atoms with van der Waals surface area (Å²) in [5.74, 6) is -3.10. The van der Waals surface area contributed by atoms with Crippen LogP contribution in [0.15, 0.2) is 30.3 Å². The van der Waals surface area contributed by atoms with E-state index >= 15 is 0 Å². The number of aliphatic hydroxyl groups excluding tert-OH is 2. The molecule has 0 spiro atoms. The lowest BCUT2D eigenvalue weighted by Gasteiger charge is -2.51. The summed E-state index contributed by atoms with van der Waals surface area (Å²) in [4.78, 5) is 14.8. The number of benzene rings is 1. The molecule has 5 nitrogen and oxygen atoms in total. The number of nitrogens with zero attached hydrogens (tertiary/aromatic N) is 1. The number of halogens is 2. The fourth-order valence-electron chi connectivity index (χ4n) is 6.49. The summed E-state index contributed by atoms with van der Waals surface area (Å²) in [6.07, 6.45) is 1.92. The van der Waals surface area contributed by atoms with Gasteiger partial charge < -0.3 is 19.8 Å². The topological polar surface area (TPSA) is 70.0 Å². The molecule has 4 rings (SSSR count). The summed E-state index contributed by atoms with van der Waals surface area (Å²) < 4.78 is 33.8. The van der Waals surface area contributed by atoms with E-state index in [-0.39, 0.29) is 44.1 Å². The Hall–Kier alpha value is -1.57. The van der Waals surface area contributed by atoms with Crippen molar-refractivity contribution >= 4 is 5.91 Å². The van der Waals surface area contributed by atoms with E-state index in [2.05, 4.69) is 12.1 Å². The Morgan fingerprint density at radius 2 is 1.79 bits per heavy atom. The Morgan fingerprint density at radius 3 is 2.42 bits per heavy atom. The van der Waals surface area contributed by atoms with Crippen LogP contribution in [0.25, 0.3) is 0 Å². The number of rotatable bonds is 5. The number of carbonyl (C=O) groups is 1. The van der Waals surface area contributed by atoms with Gasteiger partial charge in [-0.1, -0.05) is 30.3 Å². The molecule has 1 saturated carbocycles. The summed E-state index contributed by atoms with van der Waals surface area (Å²) in [6, 6.07) is 9.73. The first-order chi connectivity index (χ1) is 15.6. The highest BCUT2D eigenvalue weighted by Gasteiger charge is 2.55. The maximum absolute atomic E-state index is 13.6. The molecule has 0 unspecified atom stereocenters. The van der Waals surface area contributed by atoms with Crippen LogP contribution < -0.4 is 0 Å². The van der Waals surface area contributed by atoms with Gasteiger partial charge in [-0.2, -0.15) is 0 Å². The summed E-state index contributed by atoms with van der Waals surface area (Å²) in [5.41, 5.74) is -0.273. The largest absolute Gasteiger partial charge is 0.396 e. The molecule has 1 aromatic carbocycles. The van der Waals surface area contributed by atoms with Gasteiger partial charge in [0.15, 0.2) is 0 Å². The predicted molar refractivity (Wildman–Crippen MR) is 121 cm³/mol. The van der Waals surface area contributed by atoms with Crippen molar-refractivity contribution in [2.45, 2.75) is 99.9 Å². The van der Waals surface area contributed by atoms with Crippen LogP contribution in [0.3, 0.4) is 0 Å². The highest BCUT2D eigenvalue weighted by Crippen LogP contribution is 2.51. The van der Waals surface area contributed by atoms with Gasteiger partial charge >= 0.3 is 0 Å². The SMILES string of the molecule is CN(C(=O)C1CCC(F)(F)CC1)[C@H]1CC[C@@]2(CCO)C[C@H](c3ccccc3)C[C@](C)(O2)[C@@H]1O. The number of aliphatic hydroxyl groups is 2. The summed E-state index contributed by atoms with van der Waals surface area (Å²) in [6.45, 7) is 1.90. The number of hydrogen-bond acceptors (Lipinski definition) is 4. The fraction of sp³-hybridized carbons (Fsp3) is 0.731. The van der Waals surface area contributed by atoms with E-state index < -0.39 is 35.2 Å². The Balaban J connectivity index is 1.57.